The van der Waals surface area contributed by atoms with Crippen LogP contribution in [0.5, 0.6) is 0 Å². The van der Waals surface area contributed by atoms with Gasteiger partial charge in [-0.3, -0.25) is 4.79 Å². The molecule has 1 aromatic carbocycles. The molecule has 5 nitrogen and oxygen atoms in total. The average Bonchev–Trinajstić information content (AvgIpc) is 3.27. The summed E-state index contributed by atoms with van der Waals surface area (Å²) < 4.78 is 0.773. The fourth-order valence-corrected chi connectivity index (χ4v) is 4.65. The third-order valence-corrected chi connectivity index (χ3v) is 6.36. The number of aromatic nitrogens is 2. The van der Waals surface area contributed by atoms with Crippen molar-refractivity contribution in [2.24, 2.45) is 0 Å². The number of anilines is 2. The molecule has 0 fully saturated rings. The normalized spacial score (nSPS) is 11.9. The van der Waals surface area contributed by atoms with Gasteiger partial charge in [0.2, 0.25) is 11.0 Å². The lowest BCUT2D eigenvalue weighted by atomic mass is 10.2. The van der Waals surface area contributed by atoms with Crippen LogP contribution in [0.2, 0.25) is 0 Å². The first-order valence-corrected chi connectivity index (χ1v) is 10.3. The third kappa shape index (κ3) is 5.04. The van der Waals surface area contributed by atoms with Crippen LogP contribution in [0.4, 0.5) is 10.8 Å². The highest BCUT2D eigenvalue weighted by atomic mass is 32.2. The zero-order chi connectivity index (χ0) is 17.6. The summed E-state index contributed by atoms with van der Waals surface area (Å²) in [4.78, 5) is 13.3. The van der Waals surface area contributed by atoms with Crippen molar-refractivity contribution in [1.29, 1.82) is 0 Å². The Morgan fingerprint density at radius 1 is 1.24 bits per heavy atom. The quantitative estimate of drug-likeness (QED) is 0.584. The largest absolute Gasteiger partial charge is 0.350 e. The molecule has 1 amide bonds. The summed E-state index contributed by atoms with van der Waals surface area (Å²) >= 11 is 4.51. The second-order valence-electron chi connectivity index (χ2n) is 5.37. The highest BCUT2D eigenvalue weighted by Gasteiger charge is 2.17. The number of para-hydroxylation sites is 1. The Labute approximate surface area is 158 Å². The van der Waals surface area contributed by atoms with Gasteiger partial charge in [-0.1, -0.05) is 47.4 Å². The van der Waals surface area contributed by atoms with Crippen LogP contribution in [0, 0.1) is 6.92 Å². The van der Waals surface area contributed by atoms with Gasteiger partial charge < -0.3 is 10.6 Å². The van der Waals surface area contributed by atoms with E-state index in [1.807, 2.05) is 55.6 Å². The summed E-state index contributed by atoms with van der Waals surface area (Å²) in [6.45, 7) is 4.49. The molecule has 8 heteroatoms. The molecule has 2 aromatic heterocycles. The molecular weight excluding hydrogens is 372 g/mol. The summed E-state index contributed by atoms with van der Waals surface area (Å²) in [5, 5.41) is 17.1. The molecule has 2 heterocycles. The number of hydrogen-bond acceptors (Lipinski definition) is 7. The molecule has 3 rings (SSSR count). The maximum Gasteiger partial charge on any atom is 0.233 e. The van der Waals surface area contributed by atoms with Crippen molar-refractivity contribution in [3.63, 3.8) is 0 Å². The van der Waals surface area contributed by atoms with Crippen LogP contribution in [-0.4, -0.2) is 21.4 Å². The number of amides is 1. The summed E-state index contributed by atoms with van der Waals surface area (Å²) in [5.74, 6) is 0.00186. The standard InChI is InChI=1S/C17H18N4OS3/c1-11-6-3-4-8-14(11)19-16-20-21-17(25-16)24-12(2)15(22)18-10-13-7-5-9-23-13/h3-9,12H,10H2,1-2H3,(H,18,22)(H,19,20). The summed E-state index contributed by atoms with van der Waals surface area (Å²) in [7, 11) is 0. The minimum Gasteiger partial charge on any atom is -0.350 e. The minimum absolute atomic E-state index is 0.00186. The number of aryl methyl sites for hydroxylation is 1. The second-order valence-corrected chi connectivity index (χ2v) is 8.97. The molecule has 0 saturated carbocycles. The molecule has 3 aromatic rings. The highest BCUT2D eigenvalue weighted by molar-refractivity contribution is 8.02. The molecule has 0 aliphatic rings. The topological polar surface area (TPSA) is 66.9 Å². The van der Waals surface area contributed by atoms with Gasteiger partial charge in [-0.15, -0.1) is 21.5 Å². The molecule has 0 saturated heterocycles. The Hall–Kier alpha value is -1.90. The molecule has 0 radical (unpaired) electrons. The molecule has 0 aliphatic heterocycles. The average molecular weight is 391 g/mol. The lowest BCUT2D eigenvalue weighted by Gasteiger charge is -2.09. The van der Waals surface area contributed by atoms with E-state index in [1.54, 1.807) is 11.3 Å². The number of thioether (sulfide) groups is 1. The summed E-state index contributed by atoms with van der Waals surface area (Å²) in [6.07, 6.45) is 0. The summed E-state index contributed by atoms with van der Waals surface area (Å²) in [6, 6.07) is 12.0. The molecule has 0 bridgehead atoms. The minimum atomic E-state index is -0.223. The van der Waals surface area contributed by atoms with Gasteiger partial charge in [-0.2, -0.15) is 0 Å². The first-order valence-electron chi connectivity index (χ1n) is 7.75. The number of nitrogens with one attached hydrogen (secondary N) is 2. The van der Waals surface area contributed by atoms with Crippen LogP contribution in [-0.2, 0) is 11.3 Å². The van der Waals surface area contributed by atoms with Gasteiger partial charge in [-0.05, 0) is 36.9 Å². The molecule has 2 N–H and O–H groups in total. The van der Waals surface area contributed by atoms with E-state index in [-0.39, 0.29) is 11.2 Å². The van der Waals surface area contributed by atoms with E-state index in [0.717, 1.165) is 25.6 Å². The number of carbonyl (C=O) groups excluding carboxylic acids is 1. The van der Waals surface area contributed by atoms with Crippen LogP contribution >= 0.6 is 34.4 Å². The number of thiophene rings is 1. The van der Waals surface area contributed by atoms with Gasteiger partial charge in [0.1, 0.15) is 0 Å². The van der Waals surface area contributed by atoms with Gasteiger partial charge in [-0.25, -0.2) is 0 Å². The Morgan fingerprint density at radius 2 is 2.08 bits per heavy atom. The predicted octanol–water partition coefficient (Wildman–Crippen LogP) is 4.45. The van der Waals surface area contributed by atoms with E-state index in [1.165, 1.54) is 23.1 Å². The van der Waals surface area contributed by atoms with Crippen molar-refractivity contribution < 1.29 is 4.79 Å². The van der Waals surface area contributed by atoms with E-state index < -0.39 is 0 Å². The van der Waals surface area contributed by atoms with E-state index in [2.05, 4.69) is 20.8 Å². The van der Waals surface area contributed by atoms with Crippen molar-refractivity contribution in [3.05, 3.63) is 52.2 Å². The third-order valence-electron chi connectivity index (χ3n) is 3.46. The Kier molecular flexibility index (Phi) is 6.06. The number of benzene rings is 1. The smallest absolute Gasteiger partial charge is 0.233 e. The number of rotatable bonds is 7. The van der Waals surface area contributed by atoms with Gasteiger partial charge in [0, 0.05) is 10.6 Å². The van der Waals surface area contributed by atoms with Crippen molar-refractivity contribution >= 4 is 51.2 Å². The zero-order valence-corrected chi connectivity index (χ0v) is 16.3. The number of nitrogens with zero attached hydrogens (tertiary/aromatic N) is 2. The maximum atomic E-state index is 12.2. The molecule has 0 spiro atoms. The SMILES string of the molecule is Cc1ccccc1Nc1nnc(SC(C)C(=O)NCc2cccs2)s1. The Bertz CT molecular complexity index is 832. The van der Waals surface area contributed by atoms with Gasteiger partial charge in [0.05, 0.1) is 11.8 Å². The van der Waals surface area contributed by atoms with Crippen molar-refractivity contribution in [2.75, 3.05) is 5.32 Å². The van der Waals surface area contributed by atoms with Gasteiger partial charge in [0.25, 0.3) is 0 Å². The van der Waals surface area contributed by atoms with Crippen LogP contribution < -0.4 is 10.6 Å². The van der Waals surface area contributed by atoms with E-state index >= 15 is 0 Å². The molecule has 1 atom stereocenters. The van der Waals surface area contributed by atoms with E-state index in [9.17, 15) is 4.79 Å². The van der Waals surface area contributed by atoms with Crippen molar-refractivity contribution in [3.8, 4) is 0 Å². The van der Waals surface area contributed by atoms with Gasteiger partial charge in [0.15, 0.2) is 4.34 Å². The number of carbonyl (C=O) groups is 1. The summed E-state index contributed by atoms with van der Waals surface area (Å²) in [5.41, 5.74) is 2.16. The first kappa shape index (κ1) is 17.9. The van der Waals surface area contributed by atoms with Crippen LogP contribution in [0.3, 0.4) is 0 Å². The molecule has 130 valence electrons. The monoisotopic (exact) mass is 390 g/mol. The lowest BCUT2D eigenvalue weighted by Crippen LogP contribution is -2.30. The fourth-order valence-electron chi connectivity index (χ4n) is 2.07. The molecule has 25 heavy (non-hydrogen) atoms. The maximum absolute atomic E-state index is 12.2. The fraction of sp³-hybridized carbons (Fsp3) is 0.235. The lowest BCUT2D eigenvalue weighted by molar-refractivity contribution is -0.120. The Morgan fingerprint density at radius 3 is 2.84 bits per heavy atom. The van der Waals surface area contributed by atoms with Crippen molar-refractivity contribution in [2.45, 2.75) is 30.0 Å². The van der Waals surface area contributed by atoms with Crippen LogP contribution in [0.25, 0.3) is 0 Å². The van der Waals surface area contributed by atoms with E-state index in [0.29, 0.717) is 6.54 Å². The predicted molar refractivity (Wildman–Crippen MR) is 106 cm³/mol. The van der Waals surface area contributed by atoms with E-state index in [4.69, 9.17) is 0 Å². The number of hydrogen-bond donors (Lipinski definition) is 2. The highest BCUT2D eigenvalue weighted by Crippen LogP contribution is 2.31. The first-order chi connectivity index (χ1) is 12.1. The molecule has 0 aliphatic carbocycles. The van der Waals surface area contributed by atoms with Crippen molar-refractivity contribution in [1.82, 2.24) is 15.5 Å². The zero-order valence-electron chi connectivity index (χ0n) is 13.9. The van der Waals surface area contributed by atoms with Crippen LogP contribution in [0.1, 0.15) is 17.4 Å². The molecular formula is C17H18N4OS3. The second kappa shape index (κ2) is 8.46. The van der Waals surface area contributed by atoms with Gasteiger partial charge >= 0.3 is 0 Å². The van der Waals surface area contributed by atoms with Crippen LogP contribution in [0.15, 0.2) is 46.1 Å². The molecule has 1 unspecified atom stereocenters. The Balaban J connectivity index is 1.53.